The van der Waals surface area contributed by atoms with Gasteiger partial charge < -0.3 is 4.90 Å². The van der Waals surface area contributed by atoms with Crippen LogP contribution in [0.5, 0.6) is 0 Å². The van der Waals surface area contributed by atoms with E-state index >= 15 is 0 Å². The van der Waals surface area contributed by atoms with Crippen LogP contribution in [0.4, 0.5) is 0 Å². The van der Waals surface area contributed by atoms with Crippen molar-refractivity contribution < 1.29 is 8.42 Å². The van der Waals surface area contributed by atoms with Crippen LogP contribution in [0.3, 0.4) is 0 Å². The summed E-state index contributed by atoms with van der Waals surface area (Å²) in [7, 11) is 1.38. The van der Waals surface area contributed by atoms with Gasteiger partial charge in [-0.05, 0) is 18.9 Å². The largest absolute Gasteiger partial charge is 0.365 e. The fourth-order valence-electron chi connectivity index (χ4n) is 3.36. The van der Waals surface area contributed by atoms with E-state index in [9.17, 15) is 8.42 Å². The van der Waals surface area contributed by atoms with E-state index in [2.05, 4.69) is 34.6 Å². The zero-order valence-electron chi connectivity index (χ0n) is 13.3. The van der Waals surface area contributed by atoms with Gasteiger partial charge in [0.2, 0.25) is 0 Å². The van der Waals surface area contributed by atoms with Crippen LogP contribution in [0.25, 0.3) is 0 Å². The quantitative estimate of drug-likeness (QED) is 0.768. The van der Waals surface area contributed by atoms with Crippen LogP contribution in [-0.2, 0) is 10.2 Å². The molecule has 3 aliphatic rings. The van der Waals surface area contributed by atoms with Crippen molar-refractivity contribution in [1.82, 2.24) is 18.8 Å². The zero-order chi connectivity index (χ0) is 15.9. The number of fused-ring (bicyclic) bond motifs is 3. The Bertz CT molecular complexity index is 623. The Balaban J connectivity index is 1.80. The van der Waals surface area contributed by atoms with E-state index in [-0.39, 0.29) is 18.2 Å². The molecule has 0 aliphatic carbocycles. The third kappa shape index (κ3) is 2.62. The molecule has 0 aromatic carbocycles. The van der Waals surface area contributed by atoms with Gasteiger partial charge in [-0.3, -0.25) is 5.32 Å². The fourth-order valence-corrected chi connectivity index (χ4v) is 4.37. The van der Waals surface area contributed by atoms with Gasteiger partial charge >= 0.3 is 0 Å². The van der Waals surface area contributed by atoms with Crippen molar-refractivity contribution in [2.45, 2.75) is 31.1 Å². The van der Waals surface area contributed by atoms with Crippen molar-refractivity contribution in [2.75, 3.05) is 27.7 Å². The van der Waals surface area contributed by atoms with E-state index in [0.29, 0.717) is 0 Å². The molecular weight excluding hydrogens is 300 g/mol. The molecule has 0 aromatic heterocycles. The standard InChI is InChI=1S/C15H24N4O2S/c1-17(2)22(20,21)18(3)14-8-7-12-9-11-19-10-5-4-6-13(19)15(12)16-14/h4-6,9-10,13-16H,7-8,11H2,1-3H3. The zero-order valence-corrected chi connectivity index (χ0v) is 14.1. The molecule has 0 spiro atoms. The number of nitrogens with one attached hydrogen (secondary N) is 1. The second kappa shape index (κ2) is 5.81. The number of nitrogens with zero attached hydrogens (tertiary/aromatic N) is 3. The van der Waals surface area contributed by atoms with Crippen molar-refractivity contribution in [1.29, 1.82) is 0 Å². The second-order valence-corrected chi connectivity index (χ2v) is 8.40. The predicted octanol–water partition coefficient (Wildman–Crippen LogP) is 0.497. The van der Waals surface area contributed by atoms with Gasteiger partial charge in [0.05, 0.1) is 18.2 Å². The van der Waals surface area contributed by atoms with Crippen LogP contribution < -0.4 is 5.32 Å². The van der Waals surface area contributed by atoms with E-state index in [4.69, 9.17) is 0 Å². The Kier molecular flexibility index (Phi) is 4.15. The molecule has 0 aromatic rings. The van der Waals surface area contributed by atoms with Gasteiger partial charge in [-0.1, -0.05) is 23.8 Å². The maximum atomic E-state index is 12.3. The minimum absolute atomic E-state index is 0.172. The minimum atomic E-state index is -3.40. The predicted molar refractivity (Wildman–Crippen MR) is 87.2 cm³/mol. The summed E-state index contributed by atoms with van der Waals surface area (Å²) in [6.45, 7) is 0.926. The molecule has 1 fully saturated rings. The summed E-state index contributed by atoms with van der Waals surface area (Å²) in [5, 5.41) is 3.54. The number of hydrogen-bond acceptors (Lipinski definition) is 4. The van der Waals surface area contributed by atoms with E-state index in [1.165, 1.54) is 14.2 Å². The molecule has 122 valence electrons. The molecule has 6 nitrogen and oxygen atoms in total. The molecule has 1 N–H and O–H groups in total. The Morgan fingerprint density at radius 2 is 2.05 bits per heavy atom. The van der Waals surface area contributed by atoms with E-state index in [1.807, 2.05) is 6.08 Å². The Hall–Kier alpha value is -1.15. The van der Waals surface area contributed by atoms with Gasteiger partial charge in [-0.15, -0.1) is 0 Å². The lowest BCUT2D eigenvalue weighted by Crippen LogP contribution is -2.61. The Morgan fingerprint density at radius 1 is 1.27 bits per heavy atom. The van der Waals surface area contributed by atoms with Crippen LogP contribution in [0.2, 0.25) is 0 Å². The first-order valence-corrected chi connectivity index (χ1v) is 9.02. The Morgan fingerprint density at radius 3 is 2.77 bits per heavy atom. The Labute approximate surface area is 132 Å². The van der Waals surface area contributed by atoms with Crippen LogP contribution in [0.1, 0.15) is 12.8 Å². The van der Waals surface area contributed by atoms with E-state index in [0.717, 1.165) is 19.4 Å². The van der Waals surface area contributed by atoms with Crippen LogP contribution >= 0.6 is 0 Å². The molecule has 0 radical (unpaired) electrons. The molecule has 3 rings (SSSR count). The smallest absolute Gasteiger partial charge is 0.282 e. The monoisotopic (exact) mass is 324 g/mol. The highest BCUT2D eigenvalue weighted by Gasteiger charge is 2.39. The first kappa shape index (κ1) is 15.7. The van der Waals surface area contributed by atoms with Crippen molar-refractivity contribution >= 4 is 10.2 Å². The molecule has 0 bridgehead atoms. The molecule has 0 saturated carbocycles. The van der Waals surface area contributed by atoms with Gasteiger partial charge in [-0.25, -0.2) is 0 Å². The summed E-state index contributed by atoms with van der Waals surface area (Å²) in [5.41, 5.74) is 1.40. The third-order valence-corrected chi connectivity index (χ3v) is 6.63. The van der Waals surface area contributed by atoms with E-state index < -0.39 is 10.2 Å². The van der Waals surface area contributed by atoms with Crippen LogP contribution in [-0.4, -0.2) is 67.9 Å². The molecule has 0 amide bonds. The number of piperidine rings is 1. The van der Waals surface area contributed by atoms with Crippen molar-refractivity contribution in [3.05, 3.63) is 36.1 Å². The topological polar surface area (TPSA) is 55.9 Å². The van der Waals surface area contributed by atoms with Crippen LogP contribution in [0.15, 0.2) is 36.1 Å². The summed E-state index contributed by atoms with van der Waals surface area (Å²) < 4.78 is 27.4. The lowest BCUT2D eigenvalue weighted by atomic mass is 9.86. The number of hydrogen-bond donors (Lipinski definition) is 1. The highest BCUT2D eigenvalue weighted by Crippen LogP contribution is 2.30. The molecule has 3 atom stereocenters. The van der Waals surface area contributed by atoms with Gasteiger partial charge in [0.25, 0.3) is 10.2 Å². The van der Waals surface area contributed by atoms with Gasteiger partial charge in [0.1, 0.15) is 0 Å². The highest BCUT2D eigenvalue weighted by atomic mass is 32.2. The minimum Gasteiger partial charge on any atom is -0.365 e. The summed E-state index contributed by atoms with van der Waals surface area (Å²) in [4.78, 5) is 2.28. The molecule has 3 heterocycles. The van der Waals surface area contributed by atoms with E-state index in [1.54, 1.807) is 21.1 Å². The summed E-state index contributed by atoms with van der Waals surface area (Å²) >= 11 is 0. The average Bonchev–Trinajstić information content (AvgIpc) is 2.53. The lowest BCUT2D eigenvalue weighted by molar-refractivity contribution is 0.186. The normalized spacial score (nSPS) is 31.2. The molecule has 3 aliphatic heterocycles. The number of rotatable bonds is 3. The maximum Gasteiger partial charge on any atom is 0.282 e. The van der Waals surface area contributed by atoms with Gasteiger partial charge in [0.15, 0.2) is 0 Å². The highest BCUT2D eigenvalue weighted by molar-refractivity contribution is 7.86. The molecule has 3 unspecified atom stereocenters. The maximum absolute atomic E-state index is 12.3. The van der Waals surface area contributed by atoms with Crippen molar-refractivity contribution in [2.24, 2.45) is 0 Å². The van der Waals surface area contributed by atoms with Gasteiger partial charge in [-0.2, -0.15) is 17.0 Å². The summed E-state index contributed by atoms with van der Waals surface area (Å²) in [6, 6.07) is 0.441. The molecule has 7 heteroatoms. The first-order chi connectivity index (χ1) is 10.4. The van der Waals surface area contributed by atoms with Crippen molar-refractivity contribution in [3.63, 3.8) is 0 Å². The first-order valence-electron chi connectivity index (χ1n) is 7.62. The molecule has 1 saturated heterocycles. The third-order valence-electron chi connectivity index (χ3n) is 4.73. The SMILES string of the molecule is CN(C)S(=O)(=O)N(C)C1CCC2=CCN3C=CC=CC3C2N1. The fraction of sp³-hybridized carbons (Fsp3) is 0.600. The molecule has 22 heavy (non-hydrogen) atoms. The summed E-state index contributed by atoms with van der Waals surface area (Å²) in [5.74, 6) is 0. The van der Waals surface area contributed by atoms with Crippen LogP contribution in [0, 0.1) is 0 Å². The summed E-state index contributed by atoms with van der Waals surface area (Å²) in [6.07, 6.45) is 12.2. The number of allylic oxidation sites excluding steroid dienone is 2. The lowest BCUT2D eigenvalue weighted by Gasteiger charge is -2.46. The van der Waals surface area contributed by atoms with Crippen molar-refractivity contribution in [3.8, 4) is 0 Å². The average molecular weight is 324 g/mol. The molecular formula is C15H24N4O2S. The van der Waals surface area contributed by atoms with Gasteiger partial charge in [0, 0.05) is 33.9 Å². The second-order valence-electron chi connectivity index (χ2n) is 6.20.